The van der Waals surface area contributed by atoms with Crippen LogP contribution in [0, 0.1) is 69.2 Å². The summed E-state index contributed by atoms with van der Waals surface area (Å²) in [5.41, 5.74) is 13.0. The molecular weight excluding hydrogens is 408 g/mol. The minimum Gasteiger partial charge on any atom is -0.451 e. The van der Waals surface area contributed by atoms with Crippen LogP contribution in [0.5, 0.6) is 0 Å². The van der Waals surface area contributed by atoms with Crippen LogP contribution in [0.4, 0.5) is 0 Å². The zero-order valence-corrected chi connectivity index (χ0v) is 21.2. The van der Waals surface area contributed by atoms with Gasteiger partial charge >= 0.3 is 0 Å². The number of hydrogen-bond acceptors (Lipinski definition) is 3. The van der Waals surface area contributed by atoms with Gasteiger partial charge in [-0.2, -0.15) is 0 Å². The molecule has 4 aromatic rings. The number of hydrogen-bond donors (Lipinski definition) is 0. The van der Waals surface area contributed by atoms with Crippen LogP contribution in [0.25, 0.3) is 21.7 Å². The molecule has 1 aliphatic carbocycles. The highest BCUT2D eigenvalue weighted by atomic mass is 16.3. The molecule has 3 nitrogen and oxygen atoms in total. The summed E-state index contributed by atoms with van der Waals surface area (Å²) in [5, 5.41) is 3.01. The highest BCUT2D eigenvalue weighted by molar-refractivity contribution is 6.35. The maximum Gasteiger partial charge on any atom is 0.230 e. The highest BCUT2D eigenvalue weighted by Gasteiger charge is 2.39. The Morgan fingerprint density at radius 3 is 1.36 bits per heavy atom. The second-order valence-electron chi connectivity index (χ2n) is 9.92. The van der Waals surface area contributed by atoms with Gasteiger partial charge in [0.1, 0.15) is 5.58 Å². The summed E-state index contributed by atoms with van der Waals surface area (Å²) in [6.07, 6.45) is 0. The molecule has 0 N–H and O–H groups in total. The molecule has 0 aliphatic heterocycles. The molecule has 33 heavy (non-hydrogen) atoms. The van der Waals surface area contributed by atoms with E-state index in [2.05, 4.69) is 34.6 Å². The third kappa shape index (κ3) is 2.40. The smallest absolute Gasteiger partial charge is 0.230 e. The summed E-state index contributed by atoms with van der Waals surface area (Å²) in [6.45, 7) is 20.6. The molecule has 0 saturated carbocycles. The van der Waals surface area contributed by atoms with Crippen LogP contribution in [0.15, 0.2) is 4.42 Å². The quantitative estimate of drug-likeness (QED) is 0.252. The molecule has 0 atom stereocenters. The molecule has 0 amide bonds. The first-order chi connectivity index (χ1) is 15.4. The van der Waals surface area contributed by atoms with Gasteiger partial charge in [0.2, 0.25) is 5.78 Å². The molecule has 0 fully saturated rings. The molecule has 1 aliphatic rings. The van der Waals surface area contributed by atoms with Gasteiger partial charge in [-0.15, -0.1) is 0 Å². The third-order valence-electron chi connectivity index (χ3n) is 8.70. The molecule has 1 heterocycles. The normalized spacial score (nSPS) is 13.3. The van der Waals surface area contributed by atoms with Crippen molar-refractivity contribution in [2.75, 3.05) is 0 Å². The van der Waals surface area contributed by atoms with Gasteiger partial charge in [-0.3, -0.25) is 9.59 Å². The second-order valence-corrected chi connectivity index (χ2v) is 9.92. The van der Waals surface area contributed by atoms with Crippen molar-refractivity contribution in [3.63, 3.8) is 0 Å². The summed E-state index contributed by atoms with van der Waals surface area (Å²) < 4.78 is 6.31. The summed E-state index contributed by atoms with van der Waals surface area (Å²) in [6, 6.07) is 0. The van der Waals surface area contributed by atoms with Crippen LogP contribution in [-0.4, -0.2) is 11.6 Å². The lowest BCUT2D eigenvalue weighted by Crippen LogP contribution is -2.23. The van der Waals surface area contributed by atoms with E-state index in [1.54, 1.807) is 0 Å². The number of rotatable bonds is 0. The lowest BCUT2D eigenvalue weighted by Gasteiger charge is -2.22. The summed E-state index contributed by atoms with van der Waals surface area (Å²) >= 11 is 0. The van der Waals surface area contributed by atoms with Crippen LogP contribution < -0.4 is 0 Å². The maximum atomic E-state index is 14.1. The van der Waals surface area contributed by atoms with Crippen molar-refractivity contribution in [3.8, 4) is 0 Å². The molecule has 0 unspecified atom stereocenters. The number of carbonyl (C=O) groups is 2. The van der Waals surface area contributed by atoms with Gasteiger partial charge in [0.05, 0.1) is 5.56 Å². The van der Waals surface area contributed by atoms with Gasteiger partial charge < -0.3 is 4.42 Å². The Kier molecular flexibility index (Phi) is 4.37. The van der Waals surface area contributed by atoms with Crippen LogP contribution in [-0.2, 0) is 0 Å². The third-order valence-corrected chi connectivity index (χ3v) is 8.70. The lowest BCUT2D eigenvalue weighted by atomic mass is 9.77. The van der Waals surface area contributed by atoms with E-state index >= 15 is 0 Å². The van der Waals surface area contributed by atoms with Crippen molar-refractivity contribution in [3.05, 3.63) is 78.1 Å². The minimum atomic E-state index is -0.178. The van der Waals surface area contributed by atoms with E-state index in [0.717, 1.165) is 49.7 Å². The lowest BCUT2D eigenvalue weighted by molar-refractivity contribution is 0.0961. The van der Waals surface area contributed by atoms with Crippen molar-refractivity contribution in [1.29, 1.82) is 0 Å². The highest BCUT2D eigenvalue weighted by Crippen LogP contribution is 2.46. The molecule has 3 heteroatoms. The van der Waals surface area contributed by atoms with Gasteiger partial charge in [0, 0.05) is 16.5 Å². The monoisotopic (exact) mass is 438 g/mol. The molecule has 0 spiro atoms. The Balaban J connectivity index is 2.06. The molecule has 3 aromatic carbocycles. The van der Waals surface area contributed by atoms with Crippen molar-refractivity contribution in [2.24, 2.45) is 0 Å². The van der Waals surface area contributed by atoms with E-state index < -0.39 is 0 Å². The van der Waals surface area contributed by atoms with Crippen LogP contribution >= 0.6 is 0 Å². The largest absolute Gasteiger partial charge is 0.451 e. The van der Waals surface area contributed by atoms with Gasteiger partial charge in [0.15, 0.2) is 11.5 Å². The first-order valence-corrected chi connectivity index (χ1v) is 11.6. The van der Waals surface area contributed by atoms with Gasteiger partial charge in [0.25, 0.3) is 0 Å². The molecule has 0 radical (unpaired) electrons. The fraction of sp³-hybridized carbons (Fsp3) is 0.333. The van der Waals surface area contributed by atoms with Gasteiger partial charge in [-0.25, -0.2) is 0 Å². The molecule has 168 valence electrons. The molecule has 0 saturated heterocycles. The Morgan fingerprint density at radius 1 is 0.394 bits per heavy atom. The van der Waals surface area contributed by atoms with Crippen molar-refractivity contribution >= 4 is 33.3 Å². The van der Waals surface area contributed by atoms with Crippen LogP contribution in [0.1, 0.15) is 87.7 Å². The number of furan rings is 1. The van der Waals surface area contributed by atoms with E-state index in [1.165, 1.54) is 22.1 Å². The van der Waals surface area contributed by atoms with E-state index in [1.807, 2.05) is 34.6 Å². The number of benzene rings is 3. The Labute approximate surface area is 194 Å². The average molecular weight is 439 g/mol. The van der Waals surface area contributed by atoms with E-state index in [0.29, 0.717) is 22.3 Å². The first kappa shape index (κ1) is 21.6. The van der Waals surface area contributed by atoms with Crippen molar-refractivity contribution < 1.29 is 14.0 Å². The van der Waals surface area contributed by atoms with E-state index in [-0.39, 0.29) is 17.3 Å². The summed E-state index contributed by atoms with van der Waals surface area (Å²) in [7, 11) is 0. The van der Waals surface area contributed by atoms with Crippen LogP contribution in [0.2, 0.25) is 0 Å². The second kappa shape index (κ2) is 6.66. The zero-order valence-electron chi connectivity index (χ0n) is 21.2. The fourth-order valence-corrected chi connectivity index (χ4v) is 5.88. The number of carbonyl (C=O) groups excluding carboxylic acids is 2. The molecule has 5 rings (SSSR count). The zero-order chi connectivity index (χ0) is 24.3. The minimum absolute atomic E-state index is 0.0955. The van der Waals surface area contributed by atoms with Crippen molar-refractivity contribution in [1.82, 2.24) is 0 Å². The Bertz CT molecular complexity index is 1620. The Morgan fingerprint density at radius 2 is 0.818 bits per heavy atom. The number of fused-ring (bicyclic) bond motifs is 6. The Hall–Kier alpha value is -3.20. The van der Waals surface area contributed by atoms with Crippen LogP contribution in [0.3, 0.4) is 0 Å². The first-order valence-electron chi connectivity index (χ1n) is 11.6. The van der Waals surface area contributed by atoms with E-state index in [9.17, 15) is 9.59 Å². The molecular formula is C30H30O3. The number of ketones is 2. The predicted octanol–water partition coefficient (Wildman–Crippen LogP) is 7.45. The summed E-state index contributed by atoms with van der Waals surface area (Å²) in [4.78, 5) is 28.0. The van der Waals surface area contributed by atoms with Crippen molar-refractivity contribution in [2.45, 2.75) is 69.2 Å². The maximum absolute atomic E-state index is 14.1. The van der Waals surface area contributed by atoms with E-state index in [4.69, 9.17) is 4.42 Å². The average Bonchev–Trinajstić information content (AvgIpc) is 3.19. The molecule has 0 bridgehead atoms. The summed E-state index contributed by atoms with van der Waals surface area (Å²) in [5.74, 6) is -0.0802. The predicted molar refractivity (Wildman–Crippen MR) is 134 cm³/mol. The molecule has 1 aromatic heterocycles. The van der Waals surface area contributed by atoms with Gasteiger partial charge in [-0.05, 0) is 136 Å². The standard InChI is InChI=1S/C30H30O3/c1-11-12(2)16(6)22-21(15(11)5)19(9)20(10)29-25(22)26-27(31)23-17(7)13(3)14(4)18(8)24(23)28(32)30(26)33-29/h1-10H3. The van der Waals surface area contributed by atoms with Gasteiger partial charge in [-0.1, -0.05) is 0 Å². The fourth-order valence-electron chi connectivity index (χ4n) is 5.88. The topological polar surface area (TPSA) is 47.3 Å². The number of aryl methyl sites for hydroxylation is 4. The SMILES string of the molecule is Cc1c(C)c(C)c2c(c1C)C(=O)c1oc3c(C)c(C)c4c(C)c(C)c(C)c(C)c4c3c1C2=O.